The van der Waals surface area contributed by atoms with Crippen molar-refractivity contribution < 1.29 is 22.7 Å². The molecule has 4 heterocycles. The second-order valence-electron chi connectivity index (χ2n) is 7.31. The molecule has 11 nitrogen and oxygen atoms in total. The number of pyridine rings is 1. The van der Waals surface area contributed by atoms with Gasteiger partial charge in [-0.2, -0.15) is 9.40 Å². The van der Waals surface area contributed by atoms with Crippen molar-refractivity contribution in [2.45, 2.75) is 23.8 Å². The van der Waals surface area contributed by atoms with Gasteiger partial charge in [0.05, 0.1) is 16.8 Å². The molecular formula is C20H20N6O5S. The summed E-state index contributed by atoms with van der Waals surface area (Å²) in [5, 5.41) is 6.76. The molecule has 0 saturated carbocycles. The summed E-state index contributed by atoms with van der Waals surface area (Å²) in [5.74, 6) is 1.03. The number of nitrogens with one attached hydrogen (secondary N) is 1. The van der Waals surface area contributed by atoms with E-state index in [-0.39, 0.29) is 11.4 Å². The molecule has 1 saturated heterocycles. The highest BCUT2D eigenvalue weighted by atomic mass is 32.2. The maximum atomic E-state index is 13.3. The summed E-state index contributed by atoms with van der Waals surface area (Å²) < 4.78 is 40.3. The summed E-state index contributed by atoms with van der Waals surface area (Å²) in [6.07, 6.45) is 5.42. The summed E-state index contributed by atoms with van der Waals surface area (Å²) >= 11 is 0. The second kappa shape index (κ2) is 8.20. The molecule has 12 heteroatoms. The van der Waals surface area contributed by atoms with E-state index in [1.54, 1.807) is 18.2 Å². The lowest BCUT2D eigenvalue weighted by Gasteiger charge is -2.24. The number of benzene rings is 1. The van der Waals surface area contributed by atoms with Crippen molar-refractivity contribution in [3.8, 4) is 17.3 Å². The van der Waals surface area contributed by atoms with E-state index in [1.807, 2.05) is 0 Å². The standard InChI is InChI=1S/C20H20N6O5S/c27-20(24-14-3-6-19(22-11-14)25-13-21-12-23-25)16-2-1-7-26(16)32(28,29)15-4-5-17-18(10-15)31-9-8-30-17/h3-6,10-13,16H,1-2,7-9H2,(H,24,27)/t16-/m0/s1. The summed E-state index contributed by atoms with van der Waals surface area (Å²) in [4.78, 5) is 21.1. The molecule has 0 bridgehead atoms. The lowest BCUT2D eigenvalue weighted by molar-refractivity contribution is -0.119. The van der Waals surface area contributed by atoms with Gasteiger partial charge in [0.1, 0.15) is 31.9 Å². The van der Waals surface area contributed by atoms with Crippen LogP contribution in [0.4, 0.5) is 5.69 Å². The summed E-state index contributed by atoms with van der Waals surface area (Å²) in [7, 11) is -3.89. The van der Waals surface area contributed by atoms with Crippen LogP contribution in [0.1, 0.15) is 12.8 Å². The molecule has 2 aromatic heterocycles. The van der Waals surface area contributed by atoms with E-state index in [9.17, 15) is 13.2 Å². The van der Waals surface area contributed by atoms with Crippen molar-refractivity contribution in [3.05, 3.63) is 49.2 Å². The van der Waals surface area contributed by atoms with Gasteiger partial charge in [-0.05, 0) is 37.1 Å². The van der Waals surface area contributed by atoms with Crippen LogP contribution in [-0.4, -0.2) is 64.2 Å². The van der Waals surface area contributed by atoms with Gasteiger partial charge in [-0.25, -0.2) is 23.1 Å². The first-order valence-electron chi connectivity index (χ1n) is 10.1. The van der Waals surface area contributed by atoms with Crippen LogP contribution in [0.15, 0.2) is 54.1 Å². The minimum absolute atomic E-state index is 0.0697. The molecule has 1 aromatic carbocycles. The maximum Gasteiger partial charge on any atom is 0.243 e. The number of rotatable bonds is 5. The number of nitrogens with zero attached hydrogens (tertiary/aromatic N) is 5. The molecule has 1 fully saturated rings. The molecule has 0 unspecified atom stereocenters. The van der Waals surface area contributed by atoms with Gasteiger partial charge < -0.3 is 14.8 Å². The van der Waals surface area contributed by atoms with Gasteiger partial charge in [0, 0.05) is 12.6 Å². The van der Waals surface area contributed by atoms with Gasteiger partial charge in [-0.3, -0.25) is 4.79 Å². The fourth-order valence-corrected chi connectivity index (χ4v) is 5.43. The Morgan fingerprint density at radius 1 is 1.12 bits per heavy atom. The molecule has 166 valence electrons. The summed E-state index contributed by atoms with van der Waals surface area (Å²) in [6, 6.07) is 7.05. The normalized spacial score (nSPS) is 18.4. The number of carbonyl (C=O) groups is 1. The molecular weight excluding hydrogens is 436 g/mol. The highest BCUT2D eigenvalue weighted by Gasteiger charge is 2.40. The molecule has 0 radical (unpaired) electrons. The van der Waals surface area contributed by atoms with E-state index in [1.165, 1.54) is 40.0 Å². The van der Waals surface area contributed by atoms with Crippen LogP contribution in [0.5, 0.6) is 11.5 Å². The topological polar surface area (TPSA) is 129 Å². The zero-order valence-electron chi connectivity index (χ0n) is 16.9. The van der Waals surface area contributed by atoms with Crippen LogP contribution < -0.4 is 14.8 Å². The van der Waals surface area contributed by atoms with Crippen LogP contribution >= 0.6 is 0 Å². The molecule has 2 aliphatic rings. The molecule has 1 N–H and O–H groups in total. The van der Waals surface area contributed by atoms with Crippen molar-refractivity contribution >= 4 is 21.6 Å². The first-order chi connectivity index (χ1) is 15.5. The summed E-state index contributed by atoms with van der Waals surface area (Å²) in [5.41, 5.74) is 0.461. The largest absolute Gasteiger partial charge is 0.486 e. The number of hydrogen-bond donors (Lipinski definition) is 1. The van der Waals surface area contributed by atoms with Crippen LogP contribution in [0, 0.1) is 0 Å². The van der Waals surface area contributed by atoms with Gasteiger partial charge in [-0.15, -0.1) is 0 Å². The van der Waals surface area contributed by atoms with E-state index in [0.717, 1.165) is 0 Å². The first-order valence-corrected chi connectivity index (χ1v) is 11.5. The number of ether oxygens (including phenoxy) is 2. The van der Waals surface area contributed by atoms with Crippen LogP contribution in [0.25, 0.3) is 5.82 Å². The molecule has 0 spiro atoms. The van der Waals surface area contributed by atoms with E-state index in [4.69, 9.17) is 9.47 Å². The third-order valence-electron chi connectivity index (χ3n) is 5.30. The highest BCUT2D eigenvalue weighted by Crippen LogP contribution is 2.35. The van der Waals surface area contributed by atoms with Gasteiger partial charge in [0.25, 0.3) is 0 Å². The Morgan fingerprint density at radius 2 is 1.97 bits per heavy atom. The first kappa shape index (κ1) is 20.4. The quantitative estimate of drug-likeness (QED) is 0.607. The number of anilines is 1. The Labute approximate surface area is 184 Å². The summed E-state index contributed by atoms with van der Waals surface area (Å²) in [6.45, 7) is 1.04. The van der Waals surface area contributed by atoms with Crippen LogP contribution in [0.2, 0.25) is 0 Å². The maximum absolute atomic E-state index is 13.3. The fraction of sp³-hybridized carbons (Fsp3) is 0.300. The minimum atomic E-state index is -3.89. The van der Waals surface area contributed by atoms with Crippen molar-refractivity contribution in [2.24, 2.45) is 0 Å². The minimum Gasteiger partial charge on any atom is -0.486 e. The smallest absolute Gasteiger partial charge is 0.243 e. The molecule has 2 aliphatic heterocycles. The Morgan fingerprint density at radius 3 is 2.72 bits per heavy atom. The second-order valence-corrected chi connectivity index (χ2v) is 9.20. The van der Waals surface area contributed by atoms with E-state index >= 15 is 0 Å². The SMILES string of the molecule is O=C(Nc1ccc(-n2cncn2)nc1)[C@@H]1CCCN1S(=O)(=O)c1ccc2c(c1)OCCO2. The van der Waals surface area contributed by atoms with Crippen molar-refractivity contribution in [1.29, 1.82) is 0 Å². The van der Waals surface area contributed by atoms with Gasteiger partial charge in [-0.1, -0.05) is 0 Å². The number of hydrogen-bond acceptors (Lipinski definition) is 8. The van der Waals surface area contributed by atoms with E-state index in [0.29, 0.717) is 49.1 Å². The van der Waals surface area contributed by atoms with Gasteiger partial charge in [0.15, 0.2) is 17.3 Å². The predicted molar refractivity (Wildman–Crippen MR) is 112 cm³/mol. The zero-order chi connectivity index (χ0) is 22.1. The van der Waals surface area contributed by atoms with E-state index in [2.05, 4.69) is 20.4 Å². The number of aromatic nitrogens is 4. The molecule has 1 atom stereocenters. The lowest BCUT2D eigenvalue weighted by atomic mass is 10.2. The molecule has 1 amide bonds. The van der Waals surface area contributed by atoms with Crippen LogP contribution in [-0.2, 0) is 14.8 Å². The Balaban J connectivity index is 1.33. The average Bonchev–Trinajstić information content (AvgIpc) is 3.52. The Kier molecular flexibility index (Phi) is 5.23. The van der Waals surface area contributed by atoms with Gasteiger partial charge in [0.2, 0.25) is 15.9 Å². The molecule has 5 rings (SSSR count). The van der Waals surface area contributed by atoms with Crippen molar-refractivity contribution in [1.82, 2.24) is 24.1 Å². The Hall–Kier alpha value is -3.51. The molecule has 0 aliphatic carbocycles. The average molecular weight is 456 g/mol. The monoisotopic (exact) mass is 456 g/mol. The highest BCUT2D eigenvalue weighted by molar-refractivity contribution is 7.89. The third-order valence-corrected chi connectivity index (χ3v) is 7.20. The number of amides is 1. The Bertz CT molecular complexity index is 1230. The molecule has 3 aromatic rings. The van der Waals surface area contributed by atoms with E-state index < -0.39 is 22.0 Å². The fourth-order valence-electron chi connectivity index (χ4n) is 3.76. The predicted octanol–water partition coefficient (Wildman–Crippen LogP) is 1.23. The third kappa shape index (κ3) is 3.78. The number of carbonyl (C=O) groups excluding carboxylic acids is 1. The number of sulfonamides is 1. The van der Waals surface area contributed by atoms with Crippen molar-refractivity contribution in [2.75, 3.05) is 25.1 Å². The zero-order valence-corrected chi connectivity index (χ0v) is 17.7. The molecule has 32 heavy (non-hydrogen) atoms. The lowest BCUT2D eigenvalue weighted by Crippen LogP contribution is -2.43. The van der Waals surface area contributed by atoms with Crippen molar-refractivity contribution in [3.63, 3.8) is 0 Å². The van der Waals surface area contributed by atoms with Gasteiger partial charge >= 0.3 is 0 Å². The van der Waals surface area contributed by atoms with Crippen LogP contribution in [0.3, 0.4) is 0 Å². The number of fused-ring (bicyclic) bond motifs is 1.